The Morgan fingerprint density at radius 1 is 1.39 bits per heavy atom. The van der Waals surface area contributed by atoms with Crippen molar-refractivity contribution in [3.05, 3.63) is 35.4 Å². The fraction of sp³-hybridized carbons (Fsp3) is 0.500. The molecule has 0 saturated carbocycles. The predicted molar refractivity (Wildman–Crippen MR) is 66.5 cm³/mol. The Kier molecular flexibility index (Phi) is 3.06. The van der Waals surface area contributed by atoms with E-state index < -0.39 is 12.1 Å². The van der Waals surface area contributed by atoms with E-state index in [0.29, 0.717) is 19.2 Å². The van der Waals surface area contributed by atoms with Crippen LogP contribution in [-0.2, 0) is 16.0 Å². The van der Waals surface area contributed by atoms with Crippen LogP contribution in [0.4, 0.5) is 0 Å². The molecule has 1 saturated heterocycles. The molecule has 4 nitrogen and oxygen atoms in total. The number of carboxylic acids is 1. The second-order valence-electron chi connectivity index (χ2n) is 4.95. The predicted octanol–water partition coefficient (Wildman–Crippen LogP) is 1.46. The number of aryl methyl sites for hydroxylation is 1. The highest BCUT2D eigenvalue weighted by Crippen LogP contribution is 2.36. The lowest BCUT2D eigenvalue weighted by molar-refractivity contribution is -0.157. The summed E-state index contributed by atoms with van der Waals surface area (Å²) in [6.07, 6.45) is 1.51. The SMILES string of the molecule is O=C(O)C1CN(C2CCc3ccccc32)CCO1. The molecule has 4 heteroatoms. The first kappa shape index (κ1) is 11.7. The Labute approximate surface area is 106 Å². The number of fused-ring (bicyclic) bond motifs is 1. The van der Waals surface area contributed by atoms with Crippen molar-refractivity contribution in [3.63, 3.8) is 0 Å². The number of carboxylic acid groups (broad SMARTS) is 1. The molecule has 0 radical (unpaired) electrons. The van der Waals surface area contributed by atoms with Crippen LogP contribution >= 0.6 is 0 Å². The maximum Gasteiger partial charge on any atom is 0.334 e. The molecule has 18 heavy (non-hydrogen) atoms. The van der Waals surface area contributed by atoms with E-state index in [4.69, 9.17) is 9.84 Å². The number of aliphatic carboxylic acids is 1. The van der Waals surface area contributed by atoms with Crippen molar-refractivity contribution < 1.29 is 14.6 Å². The van der Waals surface area contributed by atoms with Crippen LogP contribution in [0.2, 0.25) is 0 Å². The van der Waals surface area contributed by atoms with E-state index in [9.17, 15) is 4.79 Å². The molecule has 2 unspecified atom stereocenters. The molecule has 1 aliphatic heterocycles. The van der Waals surface area contributed by atoms with Crippen LogP contribution in [0.5, 0.6) is 0 Å². The summed E-state index contributed by atoms with van der Waals surface area (Å²) < 4.78 is 5.28. The quantitative estimate of drug-likeness (QED) is 0.859. The average molecular weight is 247 g/mol. The summed E-state index contributed by atoms with van der Waals surface area (Å²) in [6, 6.07) is 8.84. The van der Waals surface area contributed by atoms with E-state index in [-0.39, 0.29) is 0 Å². The fourth-order valence-electron chi connectivity index (χ4n) is 3.02. The monoisotopic (exact) mass is 247 g/mol. The minimum Gasteiger partial charge on any atom is -0.479 e. The molecular formula is C14H17NO3. The number of hydrogen-bond donors (Lipinski definition) is 1. The van der Waals surface area contributed by atoms with Crippen LogP contribution in [0.25, 0.3) is 0 Å². The van der Waals surface area contributed by atoms with Crippen LogP contribution < -0.4 is 0 Å². The number of rotatable bonds is 2. The second-order valence-corrected chi connectivity index (χ2v) is 4.95. The van der Waals surface area contributed by atoms with Gasteiger partial charge in [0.25, 0.3) is 0 Å². The molecule has 1 N–H and O–H groups in total. The third-order valence-corrected chi connectivity index (χ3v) is 3.92. The molecule has 3 rings (SSSR count). The Morgan fingerprint density at radius 2 is 2.22 bits per heavy atom. The molecule has 1 aromatic carbocycles. The summed E-state index contributed by atoms with van der Waals surface area (Å²) in [5.41, 5.74) is 2.77. The van der Waals surface area contributed by atoms with Crippen molar-refractivity contribution in [1.82, 2.24) is 4.90 Å². The van der Waals surface area contributed by atoms with Gasteiger partial charge in [0.1, 0.15) is 0 Å². The van der Waals surface area contributed by atoms with E-state index in [1.807, 2.05) is 0 Å². The highest BCUT2D eigenvalue weighted by Gasteiger charge is 2.33. The summed E-state index contributed by atoms with van der Waals surface area (Å²) >= 11 is 0. The first-order chi connectivity index (χ1) is 8.75. The minimum atomic E-state index is -0.856. The maximum atomic E-state index is 11.0. The molecule has 0 amide bonds. The first-order valence-corrected chi connectivity index (χ1v) is 6.42. The van der Waals surface area contributed by atoms with Gasteiger partial charge in [0.2, 0.25) is 0 Å². The topological polar surface area (TPSA) is 49.8 Å². The van der Waals surface area contributed by atoms with Crippen LogP contribution in [0.1, 0.15) is 23.6 Å². The van der Waals surface area contributed by atoms with Gasteiger partial charge in [-0.25, -0.2) is 4.79 Å². The summed E-state index contributed by atoms with van der Waals surface area (Å²) in [4.78, 5) is 13.3. The number of morpholine rings is 1. The number of ether oxygens (including phenoxy) is 1. The first-order valence-electron chi connectivity index (χ1n) is 6.42. The van der Waals surface area contributed by atoms with E-state index in [1.165, 1.54) is 11.1 Å². The van der Waals surface area contributed by atoms with Crippen molar-refractivity contribution >= 4 is 5.97 Å². The van der Waals surface area contributed by atoms with Gasteiger partial charge in [0, 0.05) is 19.1 Å². The van der Waals surface area contributed by atoms with Gasteiger partial charge in [-0.05, 0) is 24.0 Å². The zero-order valence-electron chi connectivity index (χ0n) is 10.2. The fourth-order valence-corrected chi connectivity index (χ4v) is 3.02. The Bertz CT molecular complexity index is 460. The number of benzene rings is 1. The lowest BCUT2D eigenvalue weighted by Gasteiger charge is -2.35. The third kappa shape index (κ3) is 2.02. The Hall–Kier alpha value is -1.39. The molecule has 2 aliphatic rings. The lowest BCUT2D eigenvalue weighted by Crippen LogP contribution is -2.47. The summed E-state index contributed by atoms with van der Waals surface area (Å²) in [5.74, 6) is -0.856. The molecule has 1 fully saturated rings. The molecule has 1 aliphatic carbocycles. The standard InChI is InChI=1S/C14H17NO3/c16-14(17)13-9-15(7-8-18-13)12-6-5-10-3-1-2-4-11(10)12/h1-4,12-13H,5-9H2,(H,16,17). The molecule has 2 atom stereocenters. The number of carbonyl (C=O) groups is 1. The van der Waals surface area contributed by atoms with E-state index >= 15 is 0 Å². The van der Waals surface area contributed by atoms with Gasteiger partial charge in [0.15, 0.2) is 6.10 Å². The highest BCUT2D eigenvalue weighted by atomic mass is 16.5. The second kappa shape index (κ2) is 4.71. The third-order valence-electron chi connectivity index (χ3n) is 3.92. The van der Waals surface area contributed by atoms with Gasteiger partial charge < -0.3 is 9.84 Å². The van der Waals surface area contributed by atoms with Crippen molar-refractivity contribution in [1.29, 1.82) is 0 Å². The van der Waals surface area contributed by atoms with Crippen molar-refractivity contribution in [3.8, 4) is 0 Å². The van der Waals surface area contributed by atoms with Crippen LogP contribution in [0, 0.1) is 0 Å². The van der Waals surface area contributed by atoms with Gasteiger partial charge in [-0.2, -0.15) is 0 Å². The van der Waals surface area contributed by atoms with E-state index in [1.54, 1.807) is 0 Å². The van der Waals surface area contributed by atoms with E-state index in [0.717, 1.165) is 19.4 Å². The van der Waals surface area contributed by atoms with Crippen molar-refractivity contribution in [2.45, 2.75) is 25.0 Å². The van der Waals surface area contributed by atoms with Gasteiger partial charge >= 0.3 is 5.97 Å². The Balaban J connectivity index is 1.78. The zero-order valence-corrected chi connectivity index (χ0v) is 10.2. The Morgan fingerprint density at radius 3 is 3.06 bits per heavy atom. The molecular weight excluding hydrogens is 230 g/mol. The normalized spacial score (nSPS) is 28.0. The molecule has 0 spiro atoms. The molecule has 0 bridgehead atoms. The zero-order chi connectivity index (χ0) is 12.5. The van der Waals surface area contributed by atoms with Gasteiger partial charge in [-0.1, -0.05) is 24.3 Å². The molecule has 96 valence electrons. The van der Waals surface area contributed by atoms with Crippen molar-refractivity contribution in [2.24, 2.45) is 0 Å². The number of hydrogen-bond acceptors (Lipinski definition) is 3. The smallest absolute Gasteiger partial charge is 0.334 e. The largest absolute Gasteiger partial charge is 0.479 e. The molecule has 1 aromatic rings. The average Bonchev–Trinajstić information content (AvgIpc) is 2.82. The minimum absolute atomic E-state index is 0.368. The maximum absolute atomic E-state index is 11.0. The van der Waals surface area contributed by atoms with Gasteiger partial charge in [-0.15, -0.1) is 0 Å². The summed E-state index contributed by atoms with van der Waals surface area (Å²) in [6.45, 7) is 1.83. The molecule has 1 heterocycles. The van der Waals surface area contributed by atoms with Crippen LogP contribution in [-0.4, -0.2) is 41.8 Å². The van der Waals surface area contributed by atoms with E-state index in [2.05, 4.69) is 29.2 Å². The summed E-state index contributed by atoms with van der Waals surface area (Å²) in [5, 5.41) is 9.04. The van der Waals surface area contributed by atoms with Crippen LogP contribution in [0.3, 0.4) is 0 Å². The summed E-state index contributed by atoms with van der Waals surface area (Å²) in [7, 11) is 0. The van der Waals surface area contributed by atoms with Gasteiger partial charge in [-0.3, -0.25) is 4.90 Å². The van der Waals surface area contributed by atoms with Crippen molar-refractivity contribution in [2.75, 3.05) is 19.7 Å². The number of nitrogens with zero attached hydrogens (tertiary/aromatic N) is 1. The molecule has 0 aromatic heterocycles. The van der Waals surface area contributed by atoms with Crippen LogP contribution in [0.15, 0.2) is 24.3 Å². The highest BCUT2D eigenvalue weighted by molar-refractivity contribution is 5.72. The van der Waals surface area contributed by atoms with Gasteiger partial charge in [0.05, 0.1) is 6.61 Å². The lowest BCUT2D eigenvalue weighted by atomic mass is 10.1.